The summed E-state index contributed by atoms with van der Waals surface area (Å²) >= 11 is 0. The van der Waals surface area contributed by atoms with Crippen LogP contribution in [0.2, 0.25) is 0 Å². The van der Waals surface area contributed by atoms with E-state index in [1.807, 2.05) is 44.2 Å². The highest BCUT2D eigenvalue weighted by atomic mass is 32.2. The molecule has 1 amide bonds. The molecule has 2 aromatic rings. The minimum absolute atomic E-state index is 0.0343. The maximum Gasteiger partial charge on any atom is 0.260 e. The van der Waals surface area contributed by atoms with E-state index in [0.717, 1.165) is 16.7 Å². The van der Waals surface area contributed by atoms with Crippen molar-refractivity contribution in [1.29, 1.82) is 0 Å². The van der Waals surface area contributed by atoms with Crippen molar-refractivity contribution in [1.82, 2.24) is 9.21 Å². The van der Waals surface area contributed by atoms with E-state index in [9.17, 15) is 13.2 Å². The monoisotopic (exact) mass is 444 g/mol. The van der Waals surface area contributed by atoms with Gasteiger partial charge in [0, 0.05) is 26.2 Å². The van der Waals surface area contributed by atoms with Crippen molar-refractivity contribution in [2.24, 2.45) is 0 Å². The summed E-state index contributed by atoms with van der Waals surface area (Å²) < 4.78 is 33.1. The summed E-state index contributed by atoms with van der Waals surface area (Å²) in [5.74, 6) is 0.561. The molecule has 0 N–H and O–H groups in total. The van der Waals surface area contributed by atoms with Gasteiger partial charge in [0.2, 0.25) is 10.0 Å². The standard InChI is InChI=1S/C24H32N2O4S/c1-18-6-11-22(19(2)16-18)30-17-23(27)25-12-14-26(15-13-25)31(28,29)21-9-7-20(8-10-21)24(3,4)5/h6-11,16H,12-15,17H2,1-5H3. The summed E-state index contributed by atoms with van der Waals surface area (Å²) in [5, 5.41) is 0. The number of piperazine rings is 1. The Kier molecular flexibility index (Phi) is 6.76. The second-order valence-corrected chi connectivity index (χ2v) is 11.1. The van der Waals surface area contributed by atoms with Crippen LogP contribution in [0.5, 0.6) is 5.75 Å². The molecule has 0 radical (unpaired) electrons. The molecule has 6 nitrogen and oxygen atoms in total. The zero-order valence-corrected chi connectivity index (χ0v) is 19.8. The Hall–Kier alpha value is -2.38. The van der Waals surface area contributed by atoms with E-state index in [4.69, 9.17) is 4.74 Å². The molecule has 31 heavy (non-hydrogen) atoms. The maximum atomic E-state index is 13.0. The Morgan fingerprint density at radius 1 is 0.968 bits per heavy atom. The van der Waals surface area contributed by atoms with Gasteiger partial charge in [-0.2, -0.15) is 4.31 Å². The van der Waals surface area contributed by atoms with Crippen molar-refractivity contribution >= 4 is 15.9 Å². The van der Waals surface area contributed by atoms with E-state index in [1.54, 1.807) is 17.0 Å². The van der Waals surface area contributed by atoms with Crippen molar-refractivity contribution < 1.29 is 17.9 Å². The first-order chi connectivity index (χ1) is 14.5. The van der Waals surface area contributed by atoms with Crippen LogP contribution in [0.4, 0.5) is 0 Å². The normalized spacial score (nSPS) is 15.7. The lowest BCUT2D eigenvalue weighted by atomic mass is 9.87. The Morgan fingerprint density at radius 2 is 1.58 bits per heavy atom. The van der Waals surface area contributed by atoms with E-state index >= 15 is 0 Å². The number of hydrogen-bond donors (Lipinski definition) is 0. The number of rotatable bonds is 5. The number of nitrogens with zero attached hydrogens (tertiary/aromatic N) is 2. The van der Waals surface area contributed by atoms with Crippen LogP contribution in [0.1, 0.15) is 37.5 Å². The van der Waals surface area contributed by atoms with E-state index in [2.05, 4.69) is 20.8 Å². The van der Waals surface area contributed by atoms with Gasteiger partial charge in [-0.15, -0.1) is 0 Å². The van der Waals surface area contributed by atoms with Gasteiger partial charge in [0.1, 0.15) is 5.75 Å². The second kappa shape index (κ2) is 9.01. The Bertz CT molecular complexity index is 1030. The Balaban J connectivity index is 1.57. The summed E-state index contributed by atoms with van der Waals surface area (Å²) in [7, 11) is -3.57. The highest BCUT2D eigenvalue weighted by molar-refractivity contribution is 7.89. The summed E-state index contributed by atoms with van der Waals surface area (Å²) in [4.78, 5) is 14.5. The van der Waals surface area contributed by atoms with Crippen LogP contribution in [0.15, 0.2) is 47.4 Å². The molecule has 168 valence electrons. The third-order valence-electron chi connectivity index (χ3n) is 5.63. The molecule has 2 aromatic carbocycles. The lowest BCUT2D eigenvalue weighted by Gasteiger charge is -2.34. The minimum Gasteiger partial charge on any atom is -0.484 e. The number of ether oxygens (including phenoxy) is 1. The number of aryl methyl sites for hydroxylation is 2. The predicted octanol–water partition coefficient (Wildman–Crippen LogP) is 3.51. The van der Waals surface area contributed by atoms with Gasteiger partial charge in [-0.05, 0) is 48.6 Å². The molecule has 1 fully saturated rings. The molecule has 0 saturated carbocycles. The SMILES string of the molecule is Cc1ccc(OCC(=O)N2CCN(S(=O)(=O)c3ccc(C(C)(C)C)cc3)CC2)c(C)c1. The Morgan fingerprint density at radius 3 is 2.13 bits per heavy atom. The van der Waals surface area contributed by atoms with Gasteiger partial charge >= 0.3 is 0 Å². The molecule has 0 atom stereocenters. The summed E-state index contributed by atoms with van der Waals surface area (Å²) in [6.45, 7) is 11.5. The summed E-state index contributed by atoms with van der Waals surface area (Å²) in [6, 6.07) is 12.9. The quantitative estimate of drug-likeness (QED) is 0.708. The molecular formula is C24H32N2O4S. The van der Waals surface area contributed by atoms with Gasteiger partial charge in [-0.1, -0.05) is 50.6 Å². The fourth-order valence-corrected chi connectivity index (χ4v) is 5.07. The molecule has 0 bridgehead atoms. The summed E-state index contributed by atoms with van der Waals surface area (Å²) in [6.07, 6.45) is 0. The van der Waals surface area contributed by atoms with Crippen LogP contribution >= 0.6 is 0 Å². The second-order valence-electron chi connectivity index (χ2n) is 9.12. The topological polar surface area (TPSA) is 66.9 Å². The van der Waals surface area contributed by atoms with Gasteiger partial charge in [0.05, 0.1) is 4.90 Å². The van der Waals surface area contributed by atoms with Crippen LogP contribution in [0.3, 0.4) is 0 Å². The number of amides is 1. The fraction of sp³-hybridized carbons (Fsp3) is 0.458. The lowest BCUT2D eigenvalue weighted by molar-refractivity contribution is -0.134. The van der Waals surface area contributed by atoms with Crippen molar-refractivity contribution in [3.63, 3.8) is 0 Å². The minimum atomic E-state index is -3.57. The highest BCUT2D eigenvalue weighted by Gasteiger charge is 2.30. The first kappa shape index (κ1) is 23.3. The van der Waals surface area contributed by atoms with Crippen LogP contribution < -0.4 is 4.74 Å². The van der Waals surface area contributed by atoms with E-state index in [-0.39, 0.29) is 31.0 Å². The van der Waals surface area contributed by atoms with Crippen LogP contribution in [0.25, 0.3) is 0 Å². The Labute approximate surface area is 185 Å². The van der Waals surface area contributed by atoms with Crippen LogP contribution in [0, 0.1) is 13.8 Å². The van der Waals surface area contributed by atoms with E-state index in [0.29, 0.717) is 23.7 Å². The zero-order valence-electron chi connectivity index (χ0n) is 19.0. The van der Waals surface area contributed by atoms with Gasteiger partial charge in [0.25, 0.3) is 5.91 Å². The third-order valence-corrected chi connectivity index (χ3v) is 7.54. The molecule has 0 unspecified atom stereocenters. The highest BCUT2D eigenvalue weighted by Crippen LogP contribution is 2.25. The molecule has 1 saturated heterocycles. The molecule has 0 spiro atoms. The van der Waals surface area contributed by atoms with Gasteiger partial charge in [-0.3, -0.25) is 4.79 Å². The molecule has 7 heteroatoms. The number of hydrogen-bond acceptors (Lipinski definition) is 4. The number of benzene rings is 2. The largest absolute Gasteiger partial charge is 0.484 e. The van der Waals surface area contributed by atoms with Crippen molar-refractivity contribution in [2.75, 3.05) is 32.8 Å². The maximum absolute atomic E-state index is 13.0. The van der Waals surface area contributed by atoms with E-state index < -0.39 is 10.0 Å². The first-order valence-electron chi connectivity index (χ1n) is 10.6. The molecule has 3 rings (SSSR count). The van der Waals surface area contributed by atoms with Crippen molar-refractivity contribution in [3.05, 3.63) is 59.2 Å². The lowest BCUT2D eigenvalue weighted by Crippen LogP contribution is -2.51. The first-order valence-corrected chi connectivity index (χ1v) is 12.0. The van der Waals surface area contributed by atoms with Gasteiger partial charge in [-0.25, -0.2) is 8.42 Å². The van der Waals surface area contributed by atoms with Gasteiger partial charge < -0.3 is 9.64 Å². The number of sulfonamides is 1. The molecular weight excluding hydrogens is 412 g/mol. The van der Waals surface area contributed by atoms with E-state index in [1.165, 1.54) is 4.31 Å². The number of carbonyl (C=O) groups excluding carboxylic acids is 1. The predicted molar refractivity (Wildman–Crippen MR) is 122 cm³/mol. The molecule has 1 aliphatic rings. The summed E-state index contributed by atoms with van der Waals surface area (Å²) in [5.41, 5.74) is 3.18. The van der Waals surface area contributed by atoms with Crippen molar-refractivity contribution in [3.8, 4) is 5.75 Å². The third kappa shape index (κ3) is 5.46. The zero-order chi connectivity index (χ0) is 22.8. The van der Waals surface area contributed by atoms with Gasteiger partial charge in [0.15, 0.2) is 6.61 Å². The average Bonchev–Trinajstić information content (AvgIpc) is 2.72. The fourth-order valence-electron chi connectivity index (χ4n) is 3.65. The van der Waals surface area contributed by atoms with Crippen LogP contribution in [-0.4, -0.2) is 56.3 Å². The average molecular weight is 445 g/mol. The number of carbonyl (C=O) groups is 1. The molecule has 0 aromatic heterocycles. The molecule has 1 heterocycles. The van der Waals surface area contributed by atoms with Crippen molar-refractivity contribution in [2.45, 2.75) is 44.9 Å². The smallest absolute Gasteiger partial charge is 0.260 e. The molecule has 0 aliphatic carbocycles. The van der Waals surface area contributed by atoms with Crippen LogP contribution in [-0.2, 0) is 20.2 Å². The molecule has 1 aliphatic heterocycles.